The van der Waals surface area contributed by atoms with Crippen molar-refractivity contribution in [3.8, 4) is 0 Å². The summed E-state index contributed by atoms with van der Waals surface area (Å²) in [6.45, 7) is 0.740. The largest absolute Gasteiger partial charge is 0.481 e. The highest BCUT2D eigenvalue weighted by atomic mass is 35.5. The van der Waals surface area contributed by atoms with Crippen molar-refractivity contribution in [1.29, 1.82) is 0 Å². The van der Waals surface area contributed by atoms with Crippen molar-refractivity contribution in [3.05, 3.63) is 29.0 Å². The van der Waals surface area contributed by atoms with Crippen LogP contribution in [-0.4, -0.2) is 31.5 Å². The first kappa shape index (κ1) is 17.7. The van der Waals surface area contributed by atoms with Gasteiger partial charge in [0.1, 0.15) is 11.4 Å². The summed E-state index contributed by atoms with van der Waals surface area (Å²) in [5.74, 6) is -2.59. The summed E-state index contributed by atoms with van der Waals surface area (Å²) in [6.07, 6.45) is -4.43. The number of halogens is 4. The monoisotopic (exact) mass is 345 g/mol. The molecule has 0 aromatic heterocycles. The molecule has 0 radical (unpaired) electrons. The zero-order chi connectivity index (χ0) is 16.4. The average molecular weight is 346 g/mol. The molecule has 0 aliphatic rings. The van der Waals surface area contributed by atoms with Gasteiger partial charge in [0.05, 0.1) is 11.3 Å². The van der Waals surface area contributed by atoms with Gasteiger partial charge in [0.25, 0.3) is 6.43 Å². The summed E-state index contributed by atoms with van der Waals surface area (Å²) in [6, 6.07) is 2.28. The molecule has 1 aromatic carbocycles. The maximum Gasteiger partial charge on any atom is 0.305 e. The van der Waals surface area contributed by atoms with Gasteiger partial charge in [-0.25, -0.2) is 21.6 Å². The van der Waals surface area contributed by atoms with Crippen molar-refractivity contribution in [2.24, 2.45) is 0 Å². The summed E-state index contributed by atoms with van der Waals surface area (Å²) in [5.41, 5.74) is -2.54. The van der Waals surface area contributed by atoms with E-state index >= 15 is 0 Å². The summed E-state index contributed by atoms with van der Waals surface area (Å²) in [7, 11) is -4.57. The number of rotatable bonds is 6. The van der Waals surface area contributed by atoms with Crippen LogP contribution >= 0.6 is 11.6 Å². The summed E-state index contributed by atoms with van der Waals surface area (Å²) < 4.78 is 64.6. The Labute approximate surface area is 123 Å². The van der Waals surface area contributed by atoms with E-state index in [-0.39, 0.29) is 5.02 Å². The molecule has 0 bridgehead atoms. The van der Waals surface area contributed by atoms with E-state index < -0.39 is 45.1 Å². The Kier molecular flexibility index (Phi) is 5.24. The SMILES string of the molecule is CC(CC(=O)O)(NS(=O)(=O)c1cc(F)cc(Cl)c1)C(F)F. The predicted molar refractivity (Wildman–Crippen MR) is 68.4 cm³/mol. The fraction of sp³-hybridized carbons (Fsp3) is 0.364. The molecule has 1 unspecified atom stereocenters. The van der Waals surface area contributed by atoms with E-state index in [1.54, 1.807) is 4.72 Å². The van der Waals surface area contributed by atoms with Gasteiger partial charge in [0.2, 0.25) is 10.0 Å². The van der Waals surface area contributed by atoms with Gasteiger partial charge in [-0.3, -0.25) is 4.79 Å². The molecule has 21 heavy (non-hydrogen) atoms. The minimum absolute atomic E-state index is 0.243. The lowest BCUT2D eigenvalue weighted by Crippen LogP contribution is -2.52. The maximum atomic E-state index is 13.1. The van der Waals surface area contributed by atoms with E-state index in [9.17, 15) is 26.4 Å². The molecule has 2 N–H and O–H groups in total. The predicted octanol–water partition coefficient (Wildman–Crippen LogP) is 2.26. The summed E-state index contributed by atoms with van der Waals surface area (Å²) in [5, 5.41) is 8.36. The van der Waals surface area contributed by atoms with Gasteiger partial charge in [0.15, 0.2) is 0 Å². The van der Waals surface area contributed by atoms with Gasteiger partial charge in [-0.05, 0) is 25.1 Å². The highest BCUT2D eigenvalue weighted by Gasteiger charge is 2.41. The van der Waals surface area contributed by atoms with Gasteiger partial charge < -0.3 is 5.11 Å². The third-order valence-corrected chi connectivity index (χ3v) is 4.32. The van der Waals surface area contributed by atoms with Gasteiger partial charge in [-0.2, -0.15) is 4.72 Å². The van der Waals surface area contributed by atoms with Crippen LogP contribution in [0.25, 0.3) is 0 Å². The molecular weight excluding hydrogens is 335 g/mol. The smallest absolute Gasteiger partial charge is 0.305 e. The van der Waals surface area contributed by atoms with Crippen molar-refractivity contribution >= 4 is 27.6 Å². The number of nitrogens with one attached hydrogen (secondary N) is 1. The van der Waals surface area contributed by atoms with Crippen LogP contribution < -0.4 is 4.72 Å². The number of hydrogen-bond acceptors (Lipinski definition) is 3. The average Bonchev–Trinajstić information content (AvgIpc) is 2.25. The minimum atomic E-state index is -4.57. The van der Waals surface area contributed by atoms with Crippen LogP contribution in [0.2, 0.25) is 5.02 Å². The number of carbonyl (C=O) groups is 1. The lowest BCUT2D eigenvalue weighted by atomic mass is 10.0. The minimum Gasteiger partial charge on any atom is -0.481 e. The van der Waals surface area contributed by atoms with E-state index in [0.717, 1.165) is 19.1 Å². The van der Waals surface area contributed by atoms with Crippen LogP contribution in [0.5, 0.6) is 0 Å². The van der Waals surface area contributed by atoms with Gasteiger partial charge >= 0.3 is 5.97 Å². The summed E-state index contributed by atoms with van der Waals surface area (Å²) >= 11 is 5.50. The fourth-order valence-corrected chi connectivity index (χ4v) is 3.25. The molecule has 1 rings (SSSR count). The van der Waals surface area contributed by atoms with E-state index in [1.165, 1.54) is 0 Å². The molecular formula is C11H11ClF3NO4S. The highest BCUT2D eigenvalue weighted by molar-refractivity contribution is 7.89. The molecule has 0 aliphatic carbocycles. The zero-order valence-corrected chi connectivity index (χ0v) is 12.2. The fourth-order valence-electron chi connectivity index (χ4n) is 1.52. The third kappa shape index (κ3) is 4.58. The Hall–Kier alpha value is -1.32. The van der Waals surface area contributed by atoms with Crippen LogP contribution in [0, 0.1) is 5.82 Å². The number of alkyl halides is 2. The van der Waals surface area contributed by atoms with E-state index in [2.05, 4.69) is 0 Å². The van der Waals surface area contributed by atoms with Gasteiger partial charge in [-0.1, -0.05) is 11.6 Å². The summed E-state index contributed by atoms with van der Waals surface area (Å²) in [4.78, 5) is 9.92. The first-order chi connectivity index (χ1) is 9.46. The first-order valence-electron chi connectivity index (χ1n) is 5.46. The zero-order valence-electron chi connectivity index (χ0n) is 10.6. The Morgan fingerprint density at radius 2 is 2.00 bits per heavy atom. The molecule has 10 heteroatoms. The van der Waals surface area contributed by atoms with Crippen molar-refractivity contribution in [3.63, 3.8) is 0 Å². The number of hydrogen-bond donors (Lipinski definition) is 2. The molecule has 0 heterocycles. The molecule has 0 spiro atoms. The Morgan fingerprint density at radius 3 is 2.43 bits per heavy atom. The van der Waals surface area contributed by atoms with Crippen LogP contribution in [0.4, 0.5) is 13.2 Å². The molecule has 0 aliphatic heterocycles. The number of carboxylic acids is 1. The Balaban J connectivity index is 3.20. The van der Waals surface area contributed by atoms with Gasteiger partial charge in [-0.15, -0.1) is 0 Å². The molecule has 1 aromatic rings. The third-order valence-electron chi connectivity index (χ3n) is 2.51. The molecule has 5 nitrogen and oxygen atoms in total. The lowest BCUT2D eigenvalue weighted by Gasteiger charge is -2.27. The molecule has 0 saturated carbocycles. The van der Waals surface area contributed by atoms with E-state index in [0.29, 0.717) is 6.07 Å². The van der Waals surface area contributed by atoms with Crippen molar-refractivity contribution in [2.75, 3.05) is 0 Å². The number of carboxylic acid groups (broad SMARTS) is 1. The van der Waals surface area contributed by atoms with E-state index in [1.807, 2.05) is 0 Å². The van der Waals surface area contributed by atoms with Crippen molar-refractivity contribution in [2.45, 2.75) is 30.2 Å². The maximum absolute atomic E-state index is 13.1. The van der Waals surface area contributed by atoms with Crippen LogP contribution in [-0.2, 0) is 14.8 Å². The quantitative estimate of drug-likeness (QED) is 0.828. The topological polar surface area (TPSA) is 83.5 Å². The van der Waals surface area contributed by atoms with Crippen molar-refractivity contribution in [1.82, 2.24) is 4.72 Å². The normalized spacial score (nSPS) is 15.0. The highest BCUT2D eigenvalue weighted by Crippen LogP contribution is 2.25. The van der Waals surface area contributed by atoms with E-state index in [4.69, 9.17) is 16.7 Å². The van der Waals surface area contributed by atoms with Crippen LogP contribution in [0.1, 0.15) is 13.3 Å². The lowest BCUT2D eigenvalue weighted by molar-refractivity contribution is -0.140. The van der Waals surface area contributed by atoms with Gasteiger partial charge in [0, 0.05) is 5.02 Å². The Bertz CT molecular complexity index is 633. The molecule has 118 valence electrons. The second-order valence-electron chi connectivity index (χ2n) is 4.50. The molecule has 0 saturated heterocycles. The number of sulfonamides is 1. The number of benzene rings is 1. The number of aliphatic carboxylic acids is 1. The molecule has 0 amide bonds. The second-order valence-corrected chi connectivity index (χ2v) is 6.62. The first-order valence-corrected chi connectivity index (χ1v) is 7.32. The second kappa shape index (κ2) is 6.20. The molecule has 0 fully saturated rings. The molecule has 1 atom stereocenters. The van der Waals surface area contributed by atoms with Crippen molar-refractivity contribution < 1.29 is 31.5 Å². The van der Waals surface area contributed by atoms with Crippen LogP contribution in [0.15, 0.2) is 23.1 Å². The van der Waals surface area contributed by atoms with Crippen LogP contribution in [0.3, 0.4) is 0 Å². The standard InChI is InChI=1S/C11H11ClF3NO4S/c1-11(10(14)15,5-9(17)18)16-21(19,20)8-3-6(12)2-7(13)4-8/h2-4,10,16H,5H2,1H3,(H,17,18). The Morgan fingerprint density at radius 1 is 1.43 bits per heavy atom.